The summed E-state index contributed by atoms with van der Waals surface area (Å²) in [5.74, 6) is 0. The SMILES string of the molecule is [2H]c1c([2H])c(N(c2ccc(-c3cccc(-n4c5ccccc5c5ccccc54)c3)cc2)c2cccc3oc4c5ccccc5ccc4c23)c([2H])c([2H])c1-c1ccc(-c2ccccc2)cc1. The molecule has 0 atom stereocenters. The topological polar surface area (TPSA) is 21.3 Å². The molecule has 2 aromatic heterocycles. The van der Waals surface area contributed by atoms with E-state index in [1.807, 2.05) is 102 Å². The van der Waals surface area contributed by atoms with Crippen molar-refractivity contribution in [3.05, 3.63) is 230 Å². The molecule has 2 heterocycles. The molecule has 286 valence electrons. The number of hydrogen-bond acceptors (Lipinski definition) is 2. The second kappa shape index (κ2) is 14.3. The van der Waals surface area contributed by atoms with E-state index in [9.17, 15) is 5.48 Å². The number of aromatic nitrogens is 1. The van der Waals surface area contributed by atoms with Crippen molar-refractivity contribution in [2.45, 2.75) is 0 Å². The first kappa shape index (κ1) is 30.9. The lowest BCUT2D eigenvalue weighted by Gasteiger charge is -2.26. The summed E-state index contributed by atoms with van der Waals surface area (Å²) in [6.07, 6.45) is 0. The summed E-state index contributed by atoms with van der Waals surface area (Å²) in [4.78, 5) is 1.87. The third-order valence-electron chi connectivity index (χ3n) is 11.9. The zero-order valence-corrected chi connectivity index (χ0v) is 32.9. The van der Waals surface area contributed by atoms with Crippen molar-refractivity contribution in [2.24, 2.45) is 0 Å². The lowest BCUT2D eigenvalue weighted by Crippen LogP contribution is -2.10. The summed E-state index contributed by atoms with van der Waals surface area (Å²) in [5, 5.41) is 6.15. The molecular weight excluding hydrogens is 741 g/mol. The van der Waals surface area contributed by atoms with Gasteiger partial charge in [0.05, 0.1) is 27.6 Å². The van der Waals surface area contributed by atoms with Gasteiger partial charge in [-0.2, -0.15) is 0 Å². The van der Waals surface area contributed by atoms with Crippen molar-refractivity contribution in [1.82, 2.24) is 4.57 Å². The molecule has 0 aliphatic rings. The highest BCUT2D eigenvalue weighted by Gasteiger charge is 2.21. The van der Waals surface area contributed by atoms with Gasteiger partial charge < -0.3 is 13.9 Å². The Hall–Kier alpha value is -8.14. The van der Waals surface area contributed by atoms with E-state index in [0.717, 1.165) is 66.1 Å². The zero-order chi connectivity index (χ0) is 43.8. The number of hydrogen-bond donors (Lipinski definition) is 0. The van der Waals surface area contributed by atoms with E-state index in [1.165, 1.54) is 10.8 Å². The standard InChI is InChI=1S/C58H38N2O/c1-2-12-39(13-3-1)40-24-26-41(27-25-40)42-28-33-46(34-29-42)59(55-22-11-23-56-57(55)52-37-32-44-14-4-5-17-49(44)58(52)61-56)47-35-30-43(31-36-47)45-15-10-16-48(38-45)60-53-20-8-6-18-50(53)51-19-7-9-21-54(51)60/h1-38H/i28D,29D,33D,34D. The van der Waals surface area contributed by atoms with Crippen molar-refractivity contribution in [1.29, 1.82) is 0 Å². The first-order chi connectivity index (χ1) is 31.9. The molecule has 0 fully saturated rings. The molecule has 0 radical (unpaired) electrons. The first-order valence-electron chi connectivity index (χ1n) is 22.5. The van der Waals surface area contributed by atoms with Crippen LogP contribution in [0.4, 0.5) is 17.1 Å². The highest BCUT2D eigenvalue weighted by molar-refractivity contribution is 6.19. The fraction of sp³-hybridized carbons (Fsp3) is 0. The van der Waals surface area contributed by atoms with E-state index in [2.05, 4.69) is 114 Å². The fourth-order valence-electron chi connectivity index (χ4n) is 8.96. The molecule has 0 spiro atoms. The van der Waals surface area contributed by atoms with Crippen molar-refractivity contribution >= 4 is 71.6 Å². The third-order valence-corrected chi connectivity index (χ3v) is 11.9. The molecule has 0 amide bonds. The normalized spacial score (nSPS) is 12.5. The maximum absolute atomic E-state index is 9.70. The van der Waals surface area contributed by atoms with Crippen LogP contribution in [0, 0.1) is 0 Å². The molecule has 0 saturated heterocycles. The lowest BCUT2D eigenvalue weighted by atomic mass is 9.99. The Labute approximate surface area is 359 Å². The molecule has 0 bridgehead atoms. The summed E-state index contributed by atoms with van der Waals surface area (Å²) in [6, 6.07) is 69.0. The van der Waals surface area contributed by atoms with E-state index >= 15 is 0 Å². The number of rotatable bonds is 7. The Kier molecular flexibility index (Phi) is 7.24. The average Bonchev–Trinajstić information content (AvgIpc) is 3.92. The van der Waals surface area contributed by atoms with Gasteiger partial charge in [0.25, 0.3) is 0 Å². The van der Waals surface area contributed by atoms with Gasteiger partial charge in [0.1, 0.15) is 11.2 Å². The number of benzene rings is 10. The van der Waals surface area contributed by atoms with Crippen molar-refractivity contribution in [3.8, 4) is 39.1 Å². The van der Waals surface area contributed by atoms with E-state index in [0.29, 0.717) is 22.5 Å². The Morgan fingerprint density at radius 1 is 0.393 bits per heavy atom. The Morgan fingerprint density at radius 3 is 1.70 bits per heavy atom. The van der Waals surface area contributed by atoms with E-state index in [-0.39, 0.29) is 35.4 Å². The minimum atomic E-state index is -0.147. The summed E-state index contributed by atoms with van der Waals surface area (Å²) in [6.45, 7) is 0. The number of para-hydroxylation sites is 2. The Bertz CT molecular complexity index is 3740. The molecular formula is C58H38N2O. The van der Waals surface area contributed by atoms with Crippen LogP contribution in [-0.4, -0.2) is 4.57 Å². The summed E-state index contributed by atoms with van der Waals surface area (Å²) >= 11 is 0. The maximum atomic E-state index is 9.70. The summed E-state index contributed by atoms with van der Waals surface area (Å²) in [7, 11) is 0. The predicted molar refractivity (Wildman–Crippen MR) is 257 cm³/mol. The molecule has 0 saturated carbocycles. The summed E-state index contributed by atoms with van der Waals surface area (Å²) < 4.78 is 47.3. The van der Waals surface area contributed by atoms with Crippen molar-refractivity contribution in [3.63, 3.8) is 0 Å². The van der Waals surface area contributed by atoms with Gasteiger partial charge in [0.2, 0.25) is 0 Å². The van der Waals surface area contributed by atoms with Crippen LogP contribution in [0.1, 0.15) is 5.48 Å². The number of furan rings is 1. The molecule has 0 unspecified atom stereocenters. The average molecular weight is 783 g/mol. The Balaban J connectivity index is 1.02. The molecule has 12 rings (SSSR count). The van der Waals surface area contributed by atoms with Crippen molar-refractivity contribution in [2.75, 3.05) is 4.90 Å². The second-order valence-electron chi connectivity index (χ2n) is 15.4. The van der Waals surface area contributed by atoms with E-state index in [1.54, 1.807) is 0 Å². The molecule has 0 aliphatic heterocycles. The van der Waals surface area contributed by atoms with Gasteiger partial charge in [-0.1, -0.05) is 164 Å². The van der Waals surface area contributed by atoms with Crippen LogP contribution in [0.5, 0.6) is 0 Å². The van der Waals surface area contributed by atoms with Crippen LogP contribution in [0.15, 0.2) is 235 Å². The van der Waals surface area contributed by atoms with Gasteiger partial charge in [-0.05, 0) is 105 Å². The van der Waals surface area contributed by atoms with Gasteiger partial charge >= 0.3 is 0 Å². The highest BCUT2D eigenvalue weighted by Crippen LogP contribution is 2.45. The molecule has 0 aliphatic carbocycles. The highest BCUT2D eigenvalue weighted by atomic mass is 16.3. The van der Waals surface area contributed by atoms with E-state index in [4.69, 9.17) is 4.42 Å². The molecule has 12 aromatic rings. The predicted octanol–water partition coefficient (Wildman–Crippen LogP) is 16.3. The number of anilines is 3. The molecule has 0 N–H and O–H groups in total. The van der Waals surface area contributed by atoms with Crippen molar-refractivity contribution < 1.29 is 9.90 Å². The van der Waals surface area contributed by atoms with Crippen LogP contribution in [0.3, 0.4) is 0 Å². The van der Waals surface area contributed by atoms with Crippen LogP contribution in [-0.2, 0) is 0 Å². The van der Waals surface area contributed by atoms with Crippen LogP contribution < -0.4 is 4.90 Å². The largest absolute Gasteiger partial charge is 0.455 e. The maximum Gasteiger partial charge on any atom is 0.143 e. The first-order valence-corrected chi connectivity index (χ1v) is 20.5. The van der Waals surface area contributed by atoms with Gasteiger partial charge in [-0.25, -0.2) is 0 Å². The summed E-state index contributed by atoms with van der Waals surface area (Å²) in [5.41, 5.74) is 11.2. The lowest BCUT2D eigenvalue weighted by molar-refractivity contribution is 0.672. The van der Waals surface area contributed by atoms with Gasteiger partial charge in [0, 0.05) is 38.6 Å². The van der Waals surface area contributed by atoms with Gasteiger partial charge in [0.15, 0.2) is 0 Å². The van der Waals surface area contributed by atoms with Gasteiger partial charge in [-0.15, -0.1) is 0 Å². The molecule has 3 nitrogen and oxygen atoms in total. The monoisotopic (exact) mass is 782 g/mol. The van der Waals surface area contributed by atoms with Crippen LogP contribution >= 0.6 is 0 Å². The second-order valence-corrected chi connectivity index (χ2v) is 15.4. The molecule has 10 aromatic carbocycles. The quantitative estimate of drug-likeness (QED) is 0.161. The minimum absolute atomic E-state index is 0.118. The molecule has 61 heavy (non-hydrogen) atoms. The van der Waals surface area contributed by atoms with Crippen LogP contribution in [0.25, 0.3) is 93.6 Å². The van der Waals surface area contributed by atoms with Crippen LogP contribution in [0.2, 0.25) is 0 Å². The minimum Gasteiger partial charge on any atom is -0.455 e. The number of nitrogens with zero attached hydrogens (tertiary/aromatic N) is 2. The van der Waals surface area contributed by atoms with Gasteiger partial charge in [-0.3, -0.25) is 0 Å². The fourth-order valence-corrected chi connectivity index (χ4v) is 8.96. The zero-order valence-electron chi connectivity index (χ0n) is 36.9. The number of fused-ring (bicyclic) bond motifs is 8. The molecule has 3 heteroatoms. The Morgan fingerprint density at radius 2 is 0.967 bits per heavy atom. The van der Waals surface area contributed by atoms with E-state index < -0.39 is 0 Å². The third kappa shape index (κ3) is 5.90. The smallest absolute Gasteiger partial charge is 0.143 e.